The molecular formula is C20H19ClN6O. The van der Waals surface area contributed by atoms with Crippen LogP contribution in [0.5, 0.6) is 0 Å². The number of benzene rings is 1. The summed E-state index contributed by atoms with van der Waals surface area (Å²) in [4.78, 5) is 29.6. The van der Waals surface area contributed by atoms with Crippen LogP contribution in [0, 0.1) is 0 Å². The van der Waals surface area contributed by atoms with Crippen LogP contribution in [0.15, 0.2) is 61.1 Å². The number of carbonyl (C=O) groups is 1. The van der Waals surface area contributed by atoms with E-state index in [0.29, 0.717) is 29.6 Å². The fourth-order valence-corrected chi connectivity index (χ4v) is 3.19. The van der Waals surface area contributed by atoms with Crippen LogP contribution in [0.2, 0.25) is 5.02 Å². The van der Waals surface area contributed by atoms with Gasteiger partial charge in [-0.25, -0.2) is 15.0 Å². The molecule has 1 saturated heterocycles. The highest BCUT2D eigenvalue weighted by Gasteiger charge is 2.23. The predicted octanol–water partition coefficient (Wildman–Crippen LogP) is 3.23. The van der Waals surface area contributed by atoms with E-state index in [1.165, 1.54) is 6.33 Å². The molecule has 3 aromatic rings. The fraction of sp³-hybridized carbons (Fsp3) is 0.200. The maximum atomic E-state index is 12.8. The Kier molecular flexibility index (Phi) is 5.34. The number of pyridine rings is 1. The maximum Gasteiger partial charge on any atom is 0.272 e. The summed E-state index contributed by atoms with van der Waals surface area (Å²) < 4.78 is 0. The first kappa shape index (κ1) is 18.2. The lowest BCUT2D eigenvalue weighted by Crippen LogP contribution is -2.49. The number of carbonyl (C=O) groups excluding carboxylic acids is 1. The van der Waals surface area contributed by atoms with Crippen LogP contribution in [0.25, 0.3) is 0 Å². The van der Waals surface area contributed by atoms with Gasteiger partial charge in [0, 0.05) is 49.2 Å². The lowest BCUT2D eigenvalue weighted by molar-refractivity contribution is 0.0740. The summed E-state index contributed by atoms with van der Waals surface area (Å²) in [5, 5.41) is 3.82. The van der Waals surface area contributed by atoms with Gasteiger partial charge in [0.1, 0.15) is 23.7 Å². The standard InChI is InChI=1S/C20H19ClN6O/c21-15-4-6-16(7-5-15)25-18-13-17(23-14-24-18)20(28)27-11-9-26(10-12-27)19-3-1-2-8-22-19/h1-8,13-14H,9-12H2,(H,23,24,25). The smallest absolute Gasteiger partial charge is 0.272 e. The molecule has 1 aliphatic heterocycles. The van der Waals surface area contributed by atoms with E-state index in [4.69, 9.17) is 11.6 Å². The van der Waals surface area contributed by atoms with Crippen LogP contribution in [0.1, 0.15) is 10.5 Å². The van der Waals surface area contributed by atoms with Crippen LogP contribution >= 0.6 is 11.6 Å². The van der Waals surface area contributed by atoms with Gasteiger partial charge in [0.2, 0.25) is 0 Å². The molecule has 1 amide bonds. The van der Waals surface area contributed by atoms with E-state index in [1.54, 1.807) is 24.4 Å². The largest absolute Gasteiger partial charge is 0.353 e. The molecule has 0 bridgehead atoms. The summed E-state index contributed by atoms with van der Waals surface area (Å²) in [6.07, 6.45) is 3.18. The number of hydrogen-bond acceptors (Lipinski definition) is 6. The second-order valence-corrected chi connectivity index (χ2v) is 6.82. The number of nitrogens with one attached hydrogen (secondary N) is 1. The maximum absolute atomic E-state index is 12.8. The zero-order chi connectivity index (χ0) is 19.3. The third-order valence-corrected chi connectivity index (χ3v) is 4.79. The van der Waals surface area contributed by atoms with E-state index in [0.717, 1.165) is 24.6 Å². The third-order valence-electron chi connectivity index (χ3n) is 4.54. The van der Waals surface area contributed by atoms with Crippen LogP contribution in [-0.4, -0.2) is 51.9 Å². The molecule has 1 N–H and O–H groups in total. The van der Waals surface area contributed by atoms with Crippen LogP contribution in [0.3, 0.4) is 0 Å². The van der Waals surface area contributed by atoms with E-state index in [1.807, 2.05) is 35.2 Å². The van der Waals surface area contributed by atoms with Gasteiger partial charge in [-0.2, -0.15) is 0 Å². The van der Waals surface area contributed by atoms with Crippen molar-refractivity contribution in [3.05, 3.63) is 71.8 Å². The summed E-state index contributed by atoms with van der Waals surface area (Å²) in [6.45, 7) is 2.73. The first-order valence-electron chi connectivity index (χ1n) is 8.99. The van der Waals surface area contributed by atoms with Gasteiger partial charge in [-0.3, -0.25) is 4.79 Å². The molecule has 0 radical (unpaired) electrons. The predicted molar refractivity (Wildman–Crippen MR) is 109 cm³/mol. The Bertz CT molecular complexity index is 942. The average Bonchev–Trinajstić information content (AvgIpc) is 2.76. The monoisotopic (exact) mass is 394 g/mol. The number of nitrogens with zero attached hydrogens (tertiary/aromatic N) is 5. The molecule has 1 aliphatic rings. The number of rotatable bonds is 4. The van der Waals surface area contributed by atoms with Crippen molar-refractivity contribution < 1.29 is 4.79 Å². The molecule has 142 valence electrons. The van der Waals surface area contributed by atoms with Crippen LogP contribution in [0.4, 0.5) is 17.3 Å². The zero-order valence-corrected chi connectivity index (χ0v) is 15.9. The normalized spacial score (nSPS) is 14.0. The van der Waals surface area contributed by atoms with E-state index in [2.05, 4.69) is 25.2 Å². The first-order valence-corrected chi connectivity index (χ1v) is 9.37. The lowest BCUT2D eigenvalue weighted by Gasteiger charge is -2.35. The Morgan fingerprint density at radius 3 is 2.46 bits per heavy atom. The minimum absolute atomic E-state index is 0.0952. The van der Waals surface area contributed by atoms with Crippen LogP contribution in [-0.2, 0) is 0 Å². The number of halogens is 1. The van der Waals surface area contributed by atoms with Crippen molar-refractivity contribution in [2.75, 3.05) is 36.4 Å². The molecule has 4 rings (SSSR count). The second-order valence-electron chi connectivity index (χ2n) is 6.39. The van der Waals surface area contributed by atoms with E-state index in [9.17, 15) is 4.79 Å². The van der Waals surface area contributed by atoms with Gasteiger partial charge < -0.3 is 15.1 Å². The van der Waals surface area contributed by atoms with Gasteiger partial charge in [0.05, 0.1) is 0 Å². The van der Waals surface area contributed by atoms with Crippen molar-refractivity contribution in [2.45, 2.75) is 0 Å². The quantitative estimate of drug-likeness (QED) is 0.732. The molecule has 28 heavy (non-hydrogen) atoms. The zero-order valence-electron chi connectivity index (χ0n) is 15.1. The molecule has 1 fully saturated rings. The van der Waals surface area contributed by atoms with Gasteiger partial charge in [0.25, 0.3) is 5.91 Å². The van der Waals surface area contributed by atoms with Crippen molar-refractivity contribution in [1.82, 2.24) is 19.9 Å². The Morgan fingerprint density at radius 2 is 1.75 bits per heavy atom. The van der Waals surface area contributed by atoms with Gasteiger partial charge >= 0.3 is 0 Å². The second kappa shape index (κ2) is 8.22. The molecule has 0 aliphatic carbocycles. The number of piperazine rings is 1. The molecule has 0 unspecified atom stereocenters. The summed E-state index contributed by atoms with van der Waals surface area (Å²) in [6, 6.07) is 14.8. The Balaban J connectivity index is 1.40. The highest BCUT2D eigenvalue weighted by Crippen LogP contribution is 2.19. The molecule has 0 spiro atoms. The fourth-order valence-electron chi connectivity index (χ4n) is 3.07. The van der Waals surface area contributed by atoms with Gasteiger partial charge in [0.15, 0.2) is 0 Å². The Morgan fingerprint density at radius 1 is 0.964 bits per heavy atom. The summed E-state index contributed by atoms with van der Waals surface area (Å²) in [5.74, 6) is 1.40. The number of hydrogen-bond donors (Lipinski definition) is 1. The van der Waals surface area contributed by atoms with Crippen LogP contribution < -0.4 is 10.2 Å². The highest BCUT2D eigenvalue weighted by atomic mass is 35.5. The molecule has 3 heterocycles. The number of amides is 1. The van der Waals surface area contributed by atoms with Crippen molar-refractivity contribution in [1.29, 1.82) is 0 Å². The van der Waals surface area contributed by atoms with E-state index in [-0.39, 0.29) is 5.91 Å². The van der Waals surface area contributed by atoms with Crippen molar-refractivity contribution in [3.63, 3.8) is 0 Å². The summed E-state index contributed by atoms with van der Waals surface area (Å²) in [5.41, 5.74) is 1.21. The molecule has 1 aromatic carbocycles. The molecule has 0 atom stereocenters. The minimum Gasteiger partial charge on any atom is -0.353 e. The van der Waals surface area contributed by atoms with Crippen molar-refractivity contribution >= 4 is 34.8 Å². The van der Waals surface area contributed by atoms with E-state index < -0.39 is 0 Å². The highest BCUT2D eigenvalue weighted by molar-refractivity contribution is 6.30. The topological polar surface area (TPSA) is 74.2 Å². The Hall–Kier alpha value is -3.19. The van der Waals surface area contributed by atoms with Crippen molar-refractivity contribution in [3.8, 4) is 0 Å². The Labute approximate surface area is 168 Å². The SMILES string of the molecule is O=C(c1cc(Nc2ccc(Cl)cc2)ncn1)N1CCN(c2ccccn2)CC1. The summed E-state index contributed by atoms with van der Waals surface area (Å²) in [7, 11) is 0. The third kappa shape index (κ3) is 4.20. The van der Waals surface area contributed by atoms with Gasteiger partial charge in [-0.15, -0.1) is 0 Å². The number of anilines is 3. The molecule has 8 heteroatoms. The summed E-state index contributed by atoms with van der Waals surface area (Å²) >= 11 is 5.91. The first-order chi connectivity index (χ1) is 13.7. The minimum atomic E-state index is -0.0952. The molecule has 2 aromatic heterocycles. The molecule has 7 nitrogen and oxygen atoms in total. The lowest BCUT2D eigenvalue weighted by atomic mass is 10.2. The van der Waals surface area contributed by atoms with Gasteiger partial charge in [-0.05, 0) is 36.4 Å². The van der Waals surface area contributed by atoms with Gasteiger partial charge in [-0.1, -0.05) is 17.7 Å². The average molecular weight is 395 g/mol. The number of aromatic nitrogens is 3. The molecular weight excluding hydrogens is 376 g/mol. The van der Waals surface area contributed by atoms with Crippen molar-refractivity contribution in [2.24, 2.45) is 0 Å². The molecule has 0 saturated carbocycles. The van der Waals surface area contributed by atoms with E-state index >= 15 is 0 Å².